The highest BCUT2D eigenvalue weighted by Crippen LogP contribution is 2.30. The number of likely N-dealkylation sites (tertiary alicyclic amines) is 1. The summed E-state index contributed by atoms with van der Waals surface area (Å²) in [6.07, 6.45) is 1.40. The Morgan fingerprint density at radius 1 is 1.48 bits per heavy atom. The summed E-state index contributed by atoms with van der Waals surface area (Å²) in [6, 6.07) is 4.34. The van der Waals surface area contributed by atoms with E-state index in [0.29, 0.717) is 25.9 Å². The number of piperidine rings is 1. The van der Waals surface area contributed by atoms with Crippen molar-refractivity contribution in [3.05, 3.63) is 33.9 Å². The number of nitro benzene ring substituents is 1. The zero-order valence-electron chi connectivity index (χ0n) is 11.8. The molecule has 0 atom stereocenters. The third kappa shape index (κ3) is 3.13. The van der Waals surface area contributed by atoms with Crippen LogP contribution in [-0.2, 0) is 0 Å². The van der Waals surface area contributed by atoms with Gasteiger partial charge < -0.3 is 14.7 Å². The van der Waals surface area contributed by atoms with Crippen LogP contribution in [-0.4, -0.2) is 47.6 Å². The van der Waals surface area contributed by atoms with E-state index in [2.05, 4.69) is 0 Å². The maximum absolute atomic E-state index is 12.6. The third-order valence-electron chi connectivity index (χ3n) is 3.79. The lowest BCUT2D eigenvalue weighted by Gasteiger charge is -2.31. The first-order valence-corrected chi connectivity index (χ1v) is 6.80. The van der Waals surface area contributed by atoms with Crippen LogP contribution >= 0.6 is 0 Å². The van der Waals surface area contributed by atoms with Crippen LogP contribution < -0.4 is 4.74 Å². The number of benzene rings is 1. The summed E-state index contributed by atoms with van der Waals surface area (Å²) in [4.78, 5) is 24.7. The fraction of sp³-hybridized carbons (Fsp3) is 0.500. The molecule has 2 rings (SSSR count). The number of amides is 1. The second-order valence-corrected chi connectivity index (χ2v) is 5.03. The van der Waals surface area contributed by atoms with Crippen LogP contribution in [0, 0.1) is 16.0 Å². The average Bonchev–Trinajstić information content (AvgIpc) is 2.53. The molecule has 1 fully saturated rings. The molecule has 114 valence electrons. The van der Waals surface area contributed by atoms with E-state index < -0.39 is 10.8 Å². The number of nitrogens with zero attached hydrogens (tertiary/aromatic N) is 2. The molecule has 0 aliphatic carbocycles. The van der Waals surface area contributed by atoms with Crippen molar-refractivity contribution in [3.63, 3.8) is 0 Å². The van der Waals surface area contributed by atoms with E-state index >= 15 is 0 Å². The summed E-state index contributed by atoms with van der Waals surface area (Å²) in [7, 11) is 1.38. The van der Waals surface area contributed by atoms with E-state index in [-0.39, 0.29) is 29.5 Å². The summed E-state index contributed by atoms with van der Waals surface area (Å²) in [5, 5.41) is 20.2. The maximum atomic E-state index is 12.6. The maximum Gasteiger partial charge on any atom is 0.285 e. The van der Waals surface area contributed by atoms with Gasteiger partial charge in [-0.2, -0.15) is 0 Å². The first-order chi connectivity index (χ1) is 10.1. The zero-order chi connectivity index (χ0) is 15.4. The van der Waals surface area contributed by atoms with Crippen LogP contribution in [0.1, 0.15) is 23.2 Å². The van der Waals surface area contributed by atoms with Gasteiger partial charge in [-0.25, -0.2) is 0 Å². The SMILES string of the molecule is COc1cccc([N+](=O)[O-])c1C(=O)N1CCC(CO)CC1. The molecule has 1 aliphatic rings. The number of ether oxygens (including phenoxy) is 1. The first-order valence-electron chi connectivity index (χ1n) is 6.80. The van der Waals surface area contributed by atoms with E-state index in [1.165, 1.54) is 19.2 Å². The van der Waals surface area contributed by atoms with Crippen LogP contribution in [0.15, 0.2) is 18.2 Å². The predicted molar refractivity (Wildman–Crippen MR) is 75.4 cm³/mol. The van der Waals surface area contributed by atoms with Crippen LogP contribution in [0.4, 0.5) is 5.69 Å². The van der Waals surface area contributed by atoms with Crippen LogP contribution in [0.3, 0.4) is 0 Å². The number of carbonyl (C=O) groups excluding carboxylic acids is 1. The van der Waals surface area contributed by atoms with Crippen molar-refractivity contribution < 1.29 is 19.6 Å². The number of carbonyl (C=O) groups is 1. The smallest absolute Gasteiger partial charge is 0.285 e. The molecule has 7 nitrogen and oxygen atoms in total. The minimum absolute atomic E-state index is 0.00699. The molecule has 1 N–H and O–H groups in total. The molecule has 1 aromatic carbocycles. The number of hydrogen-bond donors (Lipinski definition) is 1. The van der Waals surface area contributed by atoms with Crippen molar-refractivity contribution in [1.82, 2.24) is 4.90 Å². The molecule has 1 amide bonds. The highest BCUT2D eigenvalue weighted by Gasteiger charge is 2.30. The molecule has 1 aromatic rings. The van der Waals surface area contributed by atoms with E-state index in [9.17, 15) is 14.9 Å². The number of hydrogen-bond acceptors (Lipinski definition) is 5. The molecule has 0 radical (unpaired) electrons. The Labute approximate surface area is 122 Å². The van der Waals surface area contributed by atoms with E-state index in [1.807, 2.05) is 0 Å². The molecule has 0 unspecified atom stereocenters. The van der Waals surface area contributed by atoms with Gasteiger partial charge in [-0.05, 0) is 24.8 Å². The highest BCUT2D eigenvalue weighted by atomic mass is 16.6. The normalized spacial score (nSPS) is 15.8. The van der Waals surface area contributed by atoms with Gasteiger partial charge in [0.05, 0.1) is 12.0 Å². The Morgan fingerprint density at radius 2 is 2.14 bits per heavy atom. The molecule has 7 heteroatoms. The summed E-state index contributed by atoms with van der Waals surface area (Å²) >= 11 is 0. The van der Waals surface area contributed by atoms with Gasteiger partial charge in [0.15, 0.2) is 5.56 Å². The van der Waals surface area contributed by atoms with Gasteiger partial charge in [0.2, 0.25) is 0 Å². The van der Waals surface area contributed by atoms with E-state index in [0.717, 1.165) is 0 Å². The summed E-state index contributed by atoms with van der Waals surface area (Å²) < 4.78 is 5.10. The molecule has 0 bridgehead atoms. The average molecular weight is 294 g/mol. The number of methoxy groups -OCH3 is 1. The molecule has 1 heterocycles. The minimum atomic E-state index is -0.573. The quantitative estimate of drug-likeness (QED) is 0.670. The summed E-state index contributed by atoms with van der Waals surface area (Å²) in [5.41, 5.74) is -0.254. The van der Waals surface area contributed by atoms with Gasteiger partial charge in [0, 0.05) is 25.8 Å². The standard InChI is InChI=1S/C14H18N2O5/c1-21-12-4-2-3-11(16(19)20)13(12)14(18)15-7-5-10(9-17)6-8-15/h2-4,10,17H,5-9H2,1H3. The highest BCUT2D eigenvalue weighted by molar-refractivity contribution is 6.01. The van der Waals surface area contributed by atoms with Gasteiger partial charge in [-0.1, -0.05) is 6.07 Å². The monoisotopic (exact) mass is 294 g/mol. The van der Waals surface area contributed by atoms with Gasteiger partial charge in [0.1, 0.15) is 5.75 Å². The Kier molecular flexibility index (Phi) is 4.74. The van der Waals surface area contributed by atoms with Crippen molar-refractivity contribution in [2.45, 2.75) is 12.8 Å². The fourth-order valence-corrected chi connectivity index (χ4v) is 2.53. The van der Waals surface area contributed by atoms with Crippen molar-refractivity contribution in [2.24, 2.45) is 5.92 Å². The lowest BCUT2D eigenvalue weighted by molar-refractivity contribution is -0.385. The van der Waals surface area contributed by atoms with Crippen molar-refractivity contribution >= 4 is 11.6 Å². The Hall–Kier alpha value is -2.15. The fourth-order valence-electron chi connectivity index (χ4n) is 2.53. The molecule has 0 saturated carbocycles. The number of rotatable bonds is 4. The second kappa shape index (κ2) is 6.53. The van der Waals surface area contributed by atoms with Gasteiger partial charge >= 0.3 is 0 Å². The summed E-state index contributed by atoms with van der Waals surface area (Å²) in [6.45, 7) is 1.08. The van der Waals surface area contributed by atoms with Crippen LogP contribution in [0.25, 0.3) is 0 Å². The Balaban J connectivity index is 2.28. The number of aliphatic hydroxyl groups excluding tert-OH is 1. The molecule has 1 aliphatic heterocycles. The Bertz CT molecular complexity index is 538. The van der Waals surface area contributed by atoms with Crippen molar-refractivity contribution in [3.8, 4) is 5.75 Å². The first kappa shape index (κ1) is 15.2. The molecular formula is C14H18N2O5. The van der Waals surface area contributed by atoms with Crippen molar-refractivity contribution in [2.75, 3.05) is 26.8 Å². The van der Waals surface area contributed by atoms with E-state index in [4.69, 9.17) is 9.84 Å². The molecule has 21 heavy (non-hydrogen) atoms. The van der Waals surface area contributed by atoms with Crippen LogP contribution in [0.5, 0.6) is 5.75 Å². The van der Waals surface area contributed by atoms with E-state index in [1.54, 1.807) is 11.0 Å². The topological polar surface area (TPSA) is 92.9 Å². The van der Waals surface area contributed by atoms with Gasteiger partial charge in [-0.3, -0.25) is 14.9 Å². The zero-order valence-corrected chi connectivity index (χ0v) is 11.8. The Morgan fingerprint density at radius 3 is 2.67 bits per heavy atom. The predicted octanol–water partition coefficient (Wildman–Crippen LogP) is 1.45. The lowest BCUT2D eigenvalue weighted by atomic mass is 9.97. The van der Waals surface area contributed by atoms with Crippen molar-refractivity contribution in [1.29, 1.82) is 0 Å². The summed E-state index contributed by atoms with van der Waals surface area (Å²) in [5.74, 6) is 0.00993. The van der Waals surface area contributed by atoms with Gasteiger partial charge in [0.25, 0.3) is 11.6 Å². The number of nitro groups is 1. The largest absolute Gasteiger partial charge is 0.496 e. The second-order valence-electron chi connectivity index (χ2n) is 5.03. The molecule has 0 aromatic heterocycles. The number of aliphatic hydroxyl groups is 1. The van der Waals surface area contributed by atoms with Gasteiger partial charge in [-0.15, -0.1) is 0 Å². The molecular weight excluding hydrogens is 276 g/mol. The molecule has 0 spiro atoms. The van der Waals surface area contributed by atoms with Crippen LogP contribution in [0.2, 0.25) is 0 Å². The minimum Gasteiger partial charge on any atom is -0.496 e. The third-order valence-corrected chi connectivity index (χ3v) is 3.79. The lowest BCUT2D eigenvalue weighted by Crippen LogP contribution is -2.39. The molecule has 1 saturated heterocycles.